The lowest BCUT2D eigenvalue weighted by Gasteiger charge is -2.32. The van der Waals surface area contributed by atoms with Crippen LogP contribution >= 0.6 is 0 Å². The van der Waals surface area contributed by atoms with Crippen molar-refractivity contribution in [1.82, 2.24) is 4.31 Å². The average Bonchev–Trinajstić information content (AvgIpc) is 2.74. The molecule has 3 rings (SSSR count). The Labute approximate surface area is 167 Å². The smallest absolute Gasteiger partial charge is 0.246 e. The molecule has 1 atom stereocenters. The lowest BCUT2D eigenvalue weighted by atomic mass is 10.0. The quantitative estimate of drug-likeness (QED) is 0.674. The van der Waals surface area contributed by atoms with Crippen LogP contribution in [0.3, 0.4) is 0 Å². The summed E-state index contributed by atoms with van der Waals surface area (Å²) < 4.78 is 44.3. The Balaban J connectivity index is 1.67. The summed E-state index contributed by atoms with van der Waals surface area (Å²) in [6.45, 7) is 2.01. The number of hydrogen-bond donors (Lipinski definition) is 0. The molecule has 2 aromatic rings. The monoisotopic (exact) mass is 405 g/mol. The van der Waals surface area contributed by atoms with Gasteiger partial charge in [-0.05, 0) is 36.5 Å². The maximum absolute atomic E-state index is 13.2. The minimum Gasteiger partial charge on any atom is -0.497 e. The minimum absolute atomic E-state index is 0.139. The summed E-state index contributed by atoms with van der Waals surface area (Å²) in [7, 11) is -0.692. The van der Waals surface area contributed by atoms with Crippen LogP contribution in [0.15, 0.2) is 53.4 Å². The van der Waals surface area contributed by atoms with Gasteiger partial charge >= 0.3 is 0 Å². The van der Waals surface area contributed by atoms with Crippen molar-refractivity contribution in [3.8, 4) is 11.5 Å². The van der Waals surface area contributed by atoms with E-state index >= 15 is 0 Å². The van der Waals surface area contributed by atoms with Gasteiger partial charge in [-0.15, -0.1) is 0 Å². The van der Waals surface area contributed by atoms with Gasteiger partial charge in [-0.3, -0.25) is 0 Å². The SMILES string of the molecule is COc1ccc(OC)c(S(=O)(=O)N2CCCC(COCc3ccccc3)C2)c1. The van der Waals surface area contributed by atoms with E-state index in [2.05, 4.69) is 0 Å². The predicted octanol–water partition coefficient (Wildman–Crippen LogP) is 3.32. The standard InChI is InChI=1S/C21H27NO5S/c1-25-19-10-11-20(26-2)21(13-19)28(23,24)22-12-6-9-18(14-22)16-27-15-17-7-4-3-5-8-17/h3-5,7-8,10-11,13,18H,6,9,12,14-16H2,1-2H3. The second-order valence-corrected chi connectivity index (χ2v) is 8.80. The molecular formula is C21H27NO5S. The van der Waals surface area contributed by atoms with Crippen LogP contribution in [0.4, 0.5) is 0 Å². The number of nitrogens with zero attached hydrogens (tertiary/aromatic N) is 1. The normalized spacial score (nSPS) is 18.0. The van der Waals surface area contributed by atoms with E-state index < -0.39 is 10.0 Å². The van der Waals surface area contributed by atoms with Crippen molar-refractivity contribution in [3.63, 3.8) is 0 Å². The van der Waals surface area contributed by atoms with Gasteiger partial charge in [0.05, 0.1) is 27.4 Å². The molecule has 0 saturated carbocycles. The molecule has 1 aliphatic heterocycles. The van der Waals surface area contributed by atoms with Crippen LogP contribution in [0, 0.1) is 5.92 Å². The summed E-state index contributed by atoms with van der Waals surface area (Å²) in [5.74, 6) is 0.978. The number of ether oxygens (including phenoxy) is 3. The zero-order valence-electron chi connectivity index (χ0n) is 16.3. The third-order valence-electron chi connectivity index (χ3n) is 4.94. The van der Waals surface area contributed by atoms with Crippen LogP contribution < -0.4 is 9.47 Å². The molecule has 0 aromatic heterocycles. The summed E-state index contributed by atoms with van der Waals surface area (Å²) in [6.07, 6.45) is 1.76. The Morgan fingerprint density at radius 1 is 1.07 bits per heavy atom. The first kappa shape index (κ1) is 20.6. The first-order valence-electron chi connectivity index (χ1n) is 9.38. The van der Waals surface area contributed by atoms with E-state index in [1.807, 2.05) is 30.3 Å². The Morgan fingerprint density at radius 3 is 2.57 bits per heavy atom. The molecular weight excluding hydrogens is 378 g/mol. The number of piperidine rings is 1. The summed E-state index contributed by atoms with van der Waals surface area (Å²) >= 11 is 0. The second-order valence-electron chi connectivity index (χ2n) is 6.89. The number of rotatable bonds is 8. The first-order chi connectivity index (χ1) is 13.5. The van der Waals surface area contributed by atoms with Crippen molar-refractivity contribution < 1.29 is 22.6 Å². The second kappa shape index (κ2) is 9.41. The van der Waals surface area contributed by atoms with Gasteiger partial charge in [0.15, 0.2) is 0 Å². The Hall–Kier alpha value is -2.09. The maximum Gasteiger partial charge on any atom is 0.246 e. The zero-order chi connectivity index (χ0) is 20.0. The Morgan fingerprint density at radius 2 is 1.86 bits per heavy atom. The number of methoxy groups -OCH3 is 2. The molecule has 1 saturated heterocycles. The van der Waals surface area contributed by atoms with Gasteiger partial charge in [-0.1, -0.05) is 30.3 Å². The molecule has 0 aliphatic carbocycles. The van der Waals surface area contributed by atoms with Gasteiger partial charge in [0.2, 0.25) is 10.0 Å². The van der Waals surface area contributed by atoms with E-state index in [0.29, 0.717) is 37.8 Å². The van der Waals surface area contributed by atoms with Crippen molar-refractivity contribution in [1.29, 1.82) is 0 Å². The van der Waals surface area contributed by atoms with Gasteiger partial charge in [-0.25, -0.2) is 8.42 Å². The molecule has 2 aromatic carbocycles. The number of benzene rings is 2. The van der Waals surface area contributed by atoms with Crippen molar-refractivity contribution >= 4 is 10.0 Å². The molecule has 0 bridgehead atoms. The van der Waals surface area contributed by atoms with E-state index in [0.717, 1.165) is 18.4 Å². The van der Waals surface area contributed by atoms with E-state index in [1.54, 1.807) is 12.1 Å². The van der Waals surface area contributed by atoms with Gasteiger partial charge < -0.3 is 14.2 Å². The fourth-order valence-corrected chi connectivity index (χ4v) is 5.15. The summed E-state index contributed by atoms with van der Waals surface area (Å²) in [4.78, 5) is 0.139. The lowest BCUT2D eigenvalue weighted by molar-refractivity contribution is 0.0672. The molecule has 0 N–H and O–H groups in total. The van der Waals surface area contributed by atoms with Gasteiger partial charge in [-0.2, -0.15) is 4.31 Å². The molecule has 1 aliphatic rings. The third kappa shape index (κ3) is 4.84. The topological polar surface area (TPSA) is 65.1 Å². The largest absolute Gasteiger partial charge is 0.497 e. The fraction of sp³-hybridized carbons (Fsp3) is 0.429. The maximum atomic E-state index is 13.2. The lowest BCUT2D eigenvalue weighted by Crippen LogP contribution is -2.41. The van der Waals surface area contributed by atoms with Gasteiger partial charge in [0.25, 0.3) is 0 Å². The molecule has 6 nitrogen and oxygen atoms in total. The first-order valence-corrected chi connectivity index (χ1v) is 10.8. The van der Waals surface area contributed by atoms with Crippen LogP contribution in [0.2, 0.25) is 0 Å². The van der Waals surface area contributed by atoms with Crippen LogP contribution in [0.5, 0.6) is 11.5 Å². The highest BCUT2D eigenvalue weighted by Gasteiger charge is 2.32. The Kier molecular flexibility index (Phi) is 6.93. The molecule has 0 spiro atoms. The van der Waals surface area contributed by atoms with Crippen LogP contribution in [0.1, 0.15) is 18.4 Å². The van der Waals surface area contributed by atoms with Gasteiger partial charge in [0.1, 0.15) is 16.4 Å². The molecule has 152 valence electrons. The molecule has 28 heavy (non-hydrogen) atoms. The molecule has 0 radical (unpaired) electrons. The van der Waals surface area contributed by atoms with Crippen molar-refractivity contribution in [2.75, 3.05) is 33.9 Å². The van der Waals surface area contributed by atoms with E-state index in [1.165, 1.54) is 24.6 Å². The minimum atomic E-state index is -3.67. The van der Waals surface area contributed by atoms with E-state index in [4.69, 9.17) is 14.2 Å². The van der Waals surface area contributed by atoms with Crippen molar-refractivity contribution in [3.05, 3.63) is 54.1 Å². The highest BCUT2D eigenvalue weighted by atomic mass is 32.2. The zero-order valence-corrected chi connectivity index (χ0v) is 17.2. The molecule has 7 heteroatoms. The third-order valence-corrected chi connectivity index (χ3v) is 6.82. The molecule has 1 unspecified atom stereocenters. The number of hydrogen-bond acceptors (Lipinski definition) is 5. The molecule has 1 fully saturated rings. The summed E-state index contributed by atoms with van der Waals surface area (Å²) in [6, 6.07) is 14.8. The number of sulfonamides is 1. The van der Waals surface area contributed by atoms with Gasteiger partial charge in [0, 0.05) is 19.2 Å². The summed E-state index contributed by atoms with van der Waals surface area (Å²) in [5.41, 5.74) is 1.11. The van der Waals surface area contributed by atoms with Crippen LogP contribution in [-0.2, 0) is 21.4 Å². The average molecular weight is 406 g/mol. The molecule has 0 amide bonds. The van der Waals surface area contributed by atoms with Crippen molar-refractivity contribution in [2.24, 2.45) is 5.92 Å². The van der Waals surface area contributed by atoms with E-state index in [-0.39, 0.29) is 10.8 Å². The van der Waals surface area contributed by atoms with Crippen LogP contribution in [0.25, 0.3) is 0 Å². The molecule has 1 heterocycles. The Bertz CT molecular complexity index is 870. The predicted molar refractivity (Wildman–Crippen MR) is 107 cm³/mol. The fourth-order valence-electron chi connectivity index (χ4n) is 3.42. The highest BCUT2D eigenvalue weighted by Crippen LogP contribution is 2.32. The highest BCUT2D eigenvalue weighted by molar-refractivity contribution is 7.89. The van der Waals surface area contributed by atoms with E-state index in [9.17, 15) is 8.42 Å². The van der Waals surface area contributed by atoms with Crippen LogP contribution in [-0.4, -0.2) is 46.6 Å². The summed E-state index contributed by atoms with van der Waals surface area (Å²) in [5, 5.41) is 0. The van der Waals surface area contributed by atoms with Crippen molar-refractivity contribution in [2.45, 2.75) is 24.3 Å².